The Hall–Kier alpha value is -3.35. The van der Waals surface area contributed by atoms with Gasteiger partial charge in [-0.2, -0.15) is 13.2 Å². The lowest BCUT2D eigenvalue weighted by Gasteiger charge is -2.09. The normalized spacial score (nSPS) is 11.7. The molecule has 2 N–H and O–H groups in total. The van der Waals surface area contributed by atoms with E-state index in [0.717, 1.165) is 34.3 Å². The highest BCUT2D eigenvalue weighted by molar-refractivity contribution is 5.79. The van der Waals surface area contributed by atoms with E-state index in [1.165, 1.54) is 12.1 Å². The van der Waals surface area contributed by atoms with Crippen LogP contribution in [0.25, 0.3) is 11.0 Å². The summed E-state index contributed by atoms with van der Waals surface area (Å²) < 4.78 is 37.8. The van der Waals surface area contributed by atoms with Gasteiger partial charge in [0.1, 0.15) is 11.5 Å². The van der Waals surface area contributed by atoms with E-state index < -0.39 is 11.7 Å². The van der Waals surface area contributed by atoms with Crippen LogP contribution in [-0.2, 0) is 12.6 Å². The second-order valence-electron chi connectivity index (χ2n) is 6.14. The first-order chi connectivity index (χ1) is 13.0. The van der Waals surface area contributed by atoms with E-state index in [4.69, 9.17) is 0 Å². The van der Waals surface area contributed by atoms with Crippen molar-refractivity contribution in [2.45, 2.75) is 12.6 Å². The maximum atomic E-state index is 12.6. The summed E-state index contributed by atoms with van der Waals surface area (Å²) in [6.07, 6.45) is 1.80. The molecule has 0 bridgehead atoms. The highest BCUT2D eigenvalue weighted by atomic mass is 19.4. The molecule has 3 heterocycles. The number of anilines is 2. The molecular weight excluding hydrogens is 353 g/mol. The van der Waals surface area contributed by atoms with Gasteiger partial charge in [-0.25, -0.2) is 9.97 Å². The summed E-state index contributed by atoms with van der Waals surface area (Å²) in [6.45, 7) is 0. The van der Waals surface area contributed by atoms with Gasteiger partial charge in [0.2, 0.25) is 0 Å². The second kappa shape index (κ2) is 6.75. The van der Waals surface area contributed by atoms with Crippen molar-refractivity contribution in [3.63, 3.8) is 0 Å². The Balaban J connectivity index is 1.46. The van der Waals surface area contributed by atoms with Crippen molar-refractivity contribution in [1.82, 2.24) is 15.0 Å². The third-order valence-corrected chi connectivity index (χ3v) is 4.24. The van der Waals surface area contributed by atoms with Crippen molar-refractivity contribution >= 4 is 22.5 Å². The van der Waals surface area contributed by atoms with Gasteiger partial charge in [-0.3, -0.25) is 0 Å². The molecule has 0 spiro atoms. The minimum Gasteiger partial charge on any atom is -0.346 e. The standard InChI is InChI=1S/C20H15F3N4/c21-20(22,23)15-4-6-16(7-5-15)27-18-8-3-13(11-25-18)10-14-12-26-19-17(14)2-1-9-24-19/h1-9,11-12H,10H2,(H,24,26)(H,25,27). The van der Waals surface area contributed by atoms with Crippen LogP contribution in [-0.4, -0.2) is 15.0 Å². The molecule has 0 amide bonds. The summed E-state index contributed by atoms with van der Waals surface area (Å²) in [7, 11) is 0. The van der Waals surface area contributed by atoms with Gasteiger partial charge in [0.15, 0.2) is 0 Å². The number of nitrogens with one attached hydrogen (secondary N) is 2. The third kappa shape index (κ3) is 3.76. The van der Waals surface area contributed by atoms with Gasteiger partial charge in [0.05, 0.1) is 5.56 Å². The molecule has 0 aliphatic heterocycles. The number of fused-ring (bicyclic) bond motifs is 1. The van der Waals surface area contributed by atoms with Gasteiger partial charge >= 0.3 is 6.18 Å². The van der Waals surface area contributed by atoms with Crippen LogP contribution >= 0.6 is 0 Å². The summed E-state index contributed by atoms with van der Waals surface area (Å²) >= 11 is 0. The van der Waals surface area contributed by atoms with Crippen LogP contribution in [0.5, 0.6) is 0 Å². The van der Waals surface area contributed by atoms with E-state index in [0.29, 0.717) is 17.9 Å². The molecular formula is C20H15F3N4. The lowest BCUT2D eigenvalue weighted by atomic mass is 10.1. The average Bonchev–Trinajstić information content (AvgIpc) is 3.06. The predicted molar refractivity (Wildman–Crippen MR) is 97.9 cm³/mol. The van der Waals surface area contributed by atoms with Crippen LogP contribution in [0.4, 0.5) is 24.7 Å². The second-order valence-corrected chi connectivity index (χ2v) is 6.14. The molecule has 0 aliphatic carbocycles. The summed E-state index contributed by atoms with van der Waals surface area (Å²) in [5.74, 6) is 0.569. The van der Waals surface area contributed by atoms with Gasteiger partial charge in [-0.05, 0) is 53.6 Å². The number of hydrogen-bond donors (Lipinski definition) is 2. The highest BCUT2D eigenvalue weighted by Crippen LogP contribution is 2.30. The summed E-state index contributed by atoms with van der Waals surface area (Å²) in [6, 6.07) is 12.5. The van der Waals surface area contributed by atoms with E-state index in [9.17, 15) is 13.2 Å². The summed E-state index contributed by atoms with van der Waals surface area (Å²) in [5.41, 5.74) is 2.87. The fourth-order valence-corrected chi connectivity index (χ4v) is 2.87. The molecule has 27 heavy (non-hydrogen) atoms. The predicted octanol–water partition coefficient (Wildman–Crippen LogP) is 5.31. The zero-order valence-corrected chi connectivity index (χ0v) is 14.1. The first kappa shape index (κ1) is 17.1. The molecule has 0 fully saturated rings. The number of aromatic amines is 1. The van der Waals surface area contributed by atoms with Crippen molar-refractivity contribution in [3.05, 3.63) is 83.8 Å². The molecule has 4 nitrogen and oxygen atoms in total. The highest BCUT2D eigenvalue weighted by Gasteiger charge is 2.29. The van der Waals surface area contributed by atoms with Crippen LogP contribution in [0.15, 0.2) is 67.1 Å². The number of alkyl halides is 3. The molecule has 136 valence electrons. The molecule has 7 heteroatoms. The van der Waals surface area contributed by atoms with Crippen molar-refractivity contribution < 1.29 is 13.2 Å². The summed E-state index contributed by atoms with van der Waals surface area (Å²) in [4.78, 5) is 11.8. The number of halogens is 3. The number of hydrogen-bond acceptors (Lipinski definition) is 3. The van der Waals surface area contributed by atoms with E-state index in [1.54, 1.807) is 18.5 Å². The van der Waals surface area contributed by atoms with Crippen molar-refractivity contribution in [2.75, 3.05) is 5.32 Å². The quantitative estimate of drug-likeness (QED) is 0.513. The van der Waals surface area contributed by atoms with Gasteiger partial charge in [0.25, 0.3) is 0 Å². The fraction of sp³-hybridized carbons (Fsp3) is 0.100. The minimum atomic E-state index is -4.34. The maximum absolute atomic E-state index is 12.6. The lowest BCUT2D eigenvalue weighted by Crippen LogP contribution is -2.04. The number of rotatable bonds is 4. The minimum absolute atomic E-state index is 0.547. The Morgan fingerprint density at radius 3 is 2.48 bits per heavy atom. The Labute approximate surface area is 153 Å². The van der Waals surface area contributed by atoms with Gasteiger partial charge in [-0.15, -0.1) is 0 Å². The smallest absolute Gasteiger partial charge is 0.346 e. The molecule has 0 saturated carbocycles. The van der Waals surface area contributed by atoms with E-state index >= 15 is 0 Å². The van der Waals surface area contributed by atoms with E-state index in [-0.39, 0.29) is 0 Å². The van der Waals surface area contributed by atoms with Crippen LogP contribution in [0.3, 0.4) is 0 Å². The Morgan fingerprint density at radius 2 is 1.78 bits per heavy atom. The third-order valence-electron chi connectivity index (χ3n) is 4.24. The molecule has 0 unspecified atom stereocenters. The first-order valence-corrected chi connectivity index (χ1v) is 8.29. The monoisotopic (exact) mass is 368 g/mol. The Morgan fingerprint density at radius 1 is 0.963 bits per heavy atom. The number of H-pyrrole nitrogens is 1. The molecule has 0 saturated heterocycles. The van der Waals surface area contributed by atoms with Crippen LogP contribution < -0.4 is 5.32 Å². The number of aromatic nitrogens is 3. The molecule has 3 aromatic heterocycles. The first-order valence-electron chi connectivity index (χ1n) is 8.29. The van der Waals surface area contributed by atoms with Crippen LogP contribution in [0, 0.1) is 0 Å². The zero-order valence-electron chi connectivity index (χ0n) is 14.1. The Bertz CT molecular complexity index is 1050. The topological polar surface area (TPSA) is 53.6 Å². The Kier molecular flexibility index (Phi) is 4.27. The van der Waals surface area contributed by atoms with Crippen LogP contribution in [0.1, 0.15) is 16.7 Å². The molecule has 1 aromatic carbocycles. The van der Waals surface area contributed by atoms with Crippen molar-refractivity contribution in [3.8, 4) is 0 Å². The van der Waals surface area contributed by atoms with Gasteiger partial charge in [0, 0.05) is 36.1 Å². The number of benzene rings is 1. The molecule has 4 rings (SSSR count). The fourth-order valence-electron chi connectivity index (χ4n) is 2.87. The molecule has 0 atom stereocenters. The largest absolute Gasteiger partial charge is 0.416 e. The van der Waals surface area contributed by atoms with E-state index in [2.05, 4.69) is 20.3 Å². The lowest BCUT2D eigenvalue weighted by molar-refractivity contribution is -0.137. The molecule has 4 aromatic rings. The van der Waals surface area contributed by atoms with Gasteiger partial charge < -0.3 is 10.3 Å². The number of pyridine rings is 2. The van der Waals surface area contributed by atoms with Crippen LogP contribution in [0.2, 0.25) is 0 Å². The number of nitrogens with zero attached hydrogens (tertiary/aromatic N) is 2. The maximum Gasteiger partial charge on any atom is 0.416 e. The van der Waals surface area contributed by atoms with E-state index in [1.807, 2.05) is 24.4 Å². The summed E-state index contributed by atoms with van der Waals surface area (Å²) in [5, 5.41) is 4.08. The zero-order chi connectivity index (χ0) is 18.9. The average molecular weight is 368 g/mol. The SMILES string of the molecule is FC(F)(F)c1ccc(Nc2ccc(Cc3c[nH]c4ncccc34)cn2)cc1. The van der Waals surface area contributed by atoms with Gasteiger partial charge in [-0.1, -0.05) is 6.07 Å². The molecule has 0 radical (unpaired) electrons. The van der Waals surface area contributed by atoms with Crippen molar-refractivity contribution in [1.29, 1.82) is 0 Å². The van der Waals surface area contributed by atoms with Crippen molar-refractivity contribution in [2.24, 2.45) is 0 Å². The molecule has 0 aliphatic rings.